The normalized spacial score (nSPS) is 21.9. The third-order valence-electron chi connectivity index (χ3n) is 10.8. The molecule has 0 bridgehead atoms. The standard InChI is InChI=1S/C41H82N2O6/c1-3-5-6-7-8-9-10-11-12-13-14-15-16-17-18-19-20-21-22-23-24-25-26-31-39(47)43-36(38(46)32-34(44)4-2)33-42-35-29-27-28-30-37(45)41(49)40(35)48/h34-38,40-42,44-46,48-49H,3-33H2,1-2H3,(H,43,47). The van der Waals surface area contributed by atoms with Gasteiger partial charge in [0.1, 0.15) is 6.10 Å². The van der Waals surface area contributed by atoms with Crippen molar-refractivity contribution in [3.8, 4) is 0 Å². The number of amides is 1. The Kier molecular flexibility index (Phi) is 30.1. The maximum absolute atomic E-state index is 12.8. The van der Waals surface area contributed by atoms with Crippen molar-refractivity contribution < 1.29 is 30.3 Å². The monoisotopic (exact) mass is 699 g/mol. The van der Waals surface area contributed by atoms with E-state index in [0.29, 0.717) is 25.7 Å². The molecule has 1 aliphatic rings. The van der Waals surface area contributed by atoms with Gasteiger partial charge in [-0.25, -0.2) is 0 Å². The second-order valence-electron chi connectivity index (χ2n) is 15.4. The Balaban J connectivity index is 2.09. The van der Waals surface area contributed by atoms with Crippen LogP contribution in [0.25, 0.3) is 0 Å². The number of unbranched alkanes of at least 4 members (excludes halogenated alkanes) is 22. The predicted molar refractivity (Wildman–Crippen MR) is 204 cm³/mol. The van der Waals surface area contributed by atoms with Gasteiger partial charge in [0, 0.05) is 25.4 Å². The molecule has 8 heteroatoms. The Morgan fingerprint density at radius 2 is 1.04 bits per heavy atom. The van der Waals surface area contributed by atoms with E-state index in [1.165, 1.54) is 128 Å². The highest BCUT2D eigenvalue weighted by atomic mass is 16.4. The van der Waals surface area contributed by atoms with Gasteiger partial charge in [-0.3, -0.25) is 4.79 Å². The largest absolute Gasteiger partial charge is 0.393 e. The van der Waals surface area contributed by atoms with Crippen molar-refractivity contribution in [2.75, 3.05) is 6.54 Å². The zero-order valence-corrected chi connectivity index (χ0v) is 32.1. The highest BCUT2D eigenvalue weighted by Crippen LogP contribution is 2.20. The summed E-state index contributed by atoms with van der Waals surface area (Å²) in [4.78, 5) is 12.8. The van der Waals surface area contributed by atoms with Gasteiger partial charge >= 0.3 is 0 Å². The summed E-state index contributed by atoms with van der Waals surface area (Å²) in [5.74, 6) is -0.117. The summed E-state index contributed by atoms with van der Waals surface area (Å²) in [5, 5.41) is 58.1. The lowest BCUT2D eigenvalue weighted by Gasteiger charge is -2.34. The smallest absolute Gasteiger partial charge is 0.220 e. The molecular weight excluding hydrogens is 616 g/mol. The minimum Gasteiger partial charge on any atom is -0.393 e. The fourth-order valence-corrected chi connectivity index (χ4v) is 7.27. The second-order valence-corrected chi connectivity index (χ2v) is 15.4. The topological polar surface area (TPSA) is 142 Å². The number of hydrogen-bond acceptors (Lipinski definition) is 7. The molecule has 0 aromatic rings. The summed E-state index contributed by atoms with van der Waals surface area (Å²) < 4.78 is 0. The summed E-state index contributed by atoms with van der Waals surface area (Å²) in [5.41, 5.74) is 0. The lowest BCUT2D eigenvalue weighted by Crippen LogP contribution is -2.56. The van der Waals surface area contributed by atoms with Gasteiger partial charge in [-0.15, -0.1) is 0 Å². The molecule has 0 spiro atoms. The first-order valence-corrected chi connectivity index (χ1v) is 21.2. The number of aliphatic hydroxyl groups excluding tert-OH is 5. The Hall–Kier alpha value is -0.770. The molecule has 49 heavy (non-hydrogen) atoms. The van der Waals surface area contributed by atoms with Gasteiger partial charge in [-0.2, -0.15) is 0 Å². The number of nitrogens with one attached hydrogen (secondary N) is 2. The Morgan fingerprint density at radius 3 is 1.49 bits per heavy atom. The molecule has 0 heterocycles. The SMILES string of the molecule is CCCCCCCCCCCCCCCCCCCCCCCCCC(=O)NC(CNC1CCCCC(O)C(O)C1O)C(O)CC(O)CC. The molecule has 0 aromatic carbocycles. The van der Waals surface area contributed by atoms with Crippen LogP contribution in [-0.4, -0.2) is 80.6 Å². The van der Waals surface area contributed by atoms with Crippen LogP contribution in [0.2, 0.25) is 0 Å². The van der Waals surface area contributed by atoms with Gasteiger partial charge < -0.3 is 36.2 Å². The fourth-order valence-electron chi connectivity index (χ4n) is 7.27. The number of aliphatic hydroxyl groups is 5. The van der Waals surface area contributed by atoms with E-state index in [1.54, 1.807) is 0 Å². The van der Waals surface area contributed by atoms with Gasteiger partial charge in [0.05, 0.1) is 30.5 Å². The van der Waals surface area contributed by atoms with Crippen LogP contribution < -0.4 is 10.6 Å². The molecule has 0 radical (unpaired) electrons. The first-order chi connectivity index (χ1) is 23.8. The van der Waals surface area contributed by atoms with Gasteiger partial charge in [-0.1, -0.05) is 168 Å². The average molecular weight is 699 g/mol. The summed E-state index contributed by atoms with van der Waals surface area (Å²) in [6.07, 6.45) is 29.4. The molecule has 8 nitrogen and oxygen atoms in total. The molecule has 7 unspecified atom stereocenters. The molecule has 0 aliphatic heterocycles. The van der Waals surface area contributed by atoms with Crippen molar-refractivity contribution in [1.82, 2.24) is 10.6 Å². The van der Waals surface area contributed by atoms with Crippen molar-refractivity contribution in [2.45, 2.75) is 249 Å². The molecule has 1 aliphatic carbocycles. The highest BCUT2D eigenvalue weighted by Gasteiger charge is 2.33. The van der Waals surface area contributed by atoms with Crippen LogP contribution in [0.4, 0.5) is 0 Å². The molecule has 1 saturated carbocycles. The fraction of sp³-hybridized carbons (Fsp3) is 0.976. The maximum Gasteiger partial charge on any atom is 0.220 e. The summed E-state index contributed by atoms with van der Waals surface area (Å²) in [6, 6.07) is -1.09. The molecule has 292 valence electrons. The molecule has 1 fully saturated rings. The van der Waals surface area contributed by atoms with E-state index in [9.17, 15) is 30.3 Å². The van der Waals surface area contributed by atoms with E-state index >= 15 is 0 Å². The number of carbonyl (C=O) groups is 1. The zero-order valence-electron chi connectivity index (χ0n) is 32.1. The lowest BCUT2D eigenvalue weighted by atomic mass is 9.90. The lowest BCUT2D eigenvalue weighted by molar-refractivity contribution is -0.123. The third-order valence-corrected chi connectivity index (χ3v) is 10.8. The molecule has 0 aromatic heterocycles. The van der Waals surface area contributed by atoms with Crippen LogP contribution in [0.1, 0.15) is 206 Å². The summed E-state index contributed by atoms with van der Waals surface area (Å²) in [7, 11) is 0. The van der Waals surface area contributed by atoms with Gasteiger partial charge in [0.2, 0.25) is 5.91 Å². The molecule has 7 N–H and O–H groups in total. The van der Waals surface area contributed by atoms with E-state index in [1.807, 2.05) is 6.92 Å². The van der Waals surface area contributed by atoms with Crippen LogP contribution in [0.15, 0.2) is 0 Å². The Bertz CT molecular complexity index is 743. The van der Waals surface area contributed by atoms with Crippen molar-refractivity contribution in [2.24, 2.45) is 0 Å². The molecule has 1 rings (SSSR count). The predicted octanol–water partition coefficient (Wildman–Crippen LogP) is 7.99. The first kappa shape index (κ1) is 46.3. The van der Waals surface area contributed by atoms with E-state index in [0.717, 1.165) is 32.1 Å². The molecule has 1 amide bonds. The first-order valence-electron chi connectivity index (χ1n) is 21.2. The minimum absolute atomic E-state index is 0.117. The van der Waals surface area contributed by atoms with Crippen molar-refractivity contribution in [3.63, 3.8) is 0 Å². The van der Waals surface area contributed by atoms with E-state index in [4.69, 9.17) is 0 Å². The average Bonchev–Trinajstić information content (AvgIpc) is 3.09. The zero-order chi connectivity index (χ0) is 36.0. The Morgan fingerprint density at radius 1 is 0.612 bits per heavy atom. The van der Waals surface area contributed by atoms with Gasteiger partial charge in [0.25, 0.3) is 0 Å². The van der Waals surface area contributed by atoms with Crippen LogP contribution in [0, 0.1) is 0 Å². The van der Waals surface area contributed by atoms with Gasteiger partial charge in [0.15, 0.2) is 0 Å². The van der Waals surface area contributed by atoms with E-state index < -0.39 is 42.6 Å². The Labute approximate surface area is 302 Å². The van der Waals surface area contributed by atoms with E-state index in [-0.39, 0.29) is 18.9 Å². The van der Waals surface area contributed by atoms with Crippen molar-refractivity contribution in [1.29, 1.82) is 0 Å². The quantitative estimate of drug-likeness (QED) is 0.0353. The maximum atomic E-state index is 12.8. The summed E-state index contributed by atoms with van der Waals surface area (Å²) in [6.45, 7) is 4.34. The third kappa shape index (κ3) is 25.0. The van der Waals surface area contributed by atoms with Crippen LogP contribution in [0.5, 0.6) is 0 Å². The second kappa shape index (κ2) is 31.9. The van der Waals surface area contributed by atoms with Crippen LogP contribution in [-0.2, 0) is 4.79 Å². The van der Waals surface area contributed by atoms with Crippen molar-refractivity contribution in [3.05, 3.63) is 0 Å². The number of carbonyl (C=O) groups excluding carboxylic acids is 1. The van der Waals surface area contributed by atoms with Crippen LogP contribution in [0.3, 0.4) is 0 Å². The molecule has 7 atom stereocenters. The van der Waals surface area contributed by atoms with E-state index in [2.05, 4.69) is 17.6 Å². The number of hydrogen-bond donors (Lipinski definition) is 7. The minimum atomic E-state index is -1.24. The van der Waals surface area contributed by atoms with Gasteiger partial charge in [-0.05, 0) is 25.7 Å². The summed E-state index contributed by atoms with van der Waals surface area (Å²) >= 11 is 0. The van der Waals surface area contributed by atoms with Crippen molar-refractivity contribution >= 4 is 5.91 Å². The number of rotatable bonds is 32. The van der Waals surface area contributed by atoms with Crippen LogP contribution >= 0.6 is 0 Å². The molecular formula is C41H82N2O6. The molecule has 0 saturated heterocycles. The highest BCUT2D eigenvalue weighted by molar-refractivity contribution is 5.76.